The molecule has 3 aromatic rings. The Morgan fingerprint density at radius 3 is 2.25 bits per heavy atom. The zero-order valence-corrected chi connectivity index (χ0v) is 17.2. The van der Waals surface area contributed by atoms with Gasteiger partial charge in [0.25, 0.3) is 0 Å². The van der Waals surface area contributed by atoms with Crippen LogP contribution in [0, 0.1) is 5.92 Å². The monoisotopic (exact) mass is 416 g/mol. The Morgan fingerprint density at radius 1 is 0.964 bits per heavy atom. The summed E-state index contributed by atoms with van der Waals surface area (Å²) < 4.78 is 0. The lowest BCUT2D eigenvalue weighted by molar-refractivity contribution is 0.248. The van der Waals surface area contributed by atoms with E-state index in [1.54, 1.807) is 18.2 Å². The predicted molar refractivity (Wildman–Crippen MR) is 117 cm³/mol. The van der Waals surface area contributed by atoms with E-state index >= 15 is 0 Å². The van der Waals surface area contributed by atoms with E-state index < -0.39 is 0 Å². The summed E-state index contributed by atoms with van der Waals surface area (Å²) in [6.07, 6.45) is 0. The maximum atomic E-state index is 9.65. The van der Waals surface area contributed by atoms with Gasteiger partial charge in [-0.2, -0.15) is 4.98 Å². The molecule has 0 amide bonds. The Morgan fingerprint density at radius 2 is 1.64 bits per heavy atom. The fraction of sp³-hybridized carbons (Fsp3) is 0.238. The van der Waals surface area contributed by atoms with Crippen LogP contribution in [0.1, 0.15) is 13.8 Å². The number of aliphatic hydroxyl groups is 1. The third-order valence-corrected chi connectivity index (χ3v) is 4.68. The minimum Gasteiger partial charge on any atom is -0.394 e. The van der Waals surface area contributed by atoms with E-state index in [1.165, 1.54) is 0 Å². The number of hydrogen-bond acceptors (Lipinski definition) is 5. The molecule has 0 aliphatic heterocycles. The summed E-state index contributed by atoms with van der Waals surface area (Å²) in [6.45, 7) is 4.05. The summed E-state index contributed by atoms with van der Waals surface area (Å²) in [5, 5.41) is 17.2. The number of aromatic nitrogens is 2. The van der Waals surface area contributed by atoms with Gasteiger partial charge in [-0.15, -0.1) is 0 Å². The highest BCUT2D eigenvalue weighted by atomic mass is 35.5. The van der Waals surface area contributed by atoms with Crippen LogP contribution in [0.15, 0.2) is 54.6 Å². The molecule has 2 aromatic carbocycles. The van der Waals surface area contributed by atoms with Crippen molar-refractivity contribution in [2.45, 2.75) is 19.9 Å². The average Bonchev–Trinajstić information content (AvgIpc) is 2.65. The van der Waals surface area contributed by atoms with Gasteiger partial charge in [0.15, 0.2) is 0 Å². The summed E-state index contributed by atoms with van der Waals surface area (Å²) >= 11 is 12.2. The van der Waals surface area contributed by atoms with Crippen molar-refractivity contribution in [2.75, 3.05) is 17.2 Å². The van der Waals surface area contributed by atoms with Gasteiger partial charge in [0.2, 0.25) is 5.95 Å². The highest BCUT2D eigenvalue weighted by Gasteiger charge is 2.15. The molecule has 146 valence electrons. The second kappa shape index (κ2) is 9.24. The normalized spacial score (nSPS) is 12.1. The fourth-order valence-electron chi connectivity index (χ4n) is 2.70. The standard InChI is InChI=1S/C21H22Cl2N4O/c1-13(2)19(12-28)26-21-25-18(14-6-4-3-5-7-14)11-20(27-21)24-17-9-15(22)8-16(23)10-17/h3-11,13,19,28H,12H2,1-2H3,(H2,24,25,26,27)/t19-/m0/s1. The lowest BCUT2D eigenvalue weighted by atomic mass is 10.1. The second-order valence-electron chi connectivity index (χ2n) is 6.79. The molecule has 5 nitrogen and oxygen atoms in total. The molecule has 1 heterocycles. The molecule has 0 bridgehead atoms. The summed E-state index contributed by atoms with van der Waals surface area (Å²) in [5.41, 5.74) is 2.45. The number of hydrogen-bond donors (Lipinski definition) is 3. The first-order valence-corrected chi connectivity index (χ1v) is 9.75. The van der Waals surface area contributed by atoms with Crippen LogP contribution < -0.4 is 10.6 Å². The molecule has 0 saturated carbocycles. The van der Waals surface area contributed by atoms with Gasteiger partial charge in [0, 0.05) is 27.4 Å². The summed E-state index contributed by atoms with van der Waals surface area (Å²) in [4.78, 5) is 9.18. The van der Waals surface area contributed by atoms with Gasteiger partial charge in [-0.05, 0) is 24.1 Å². The van der Waals surface area contributed by atoms with E-state index in [2.05, 4.69) is 20.6 Å². The average molecular weight is 417 g/mol. The van der Waals surface area contributed by atoms with Gasteiger partial charge < -0.3 is 15.7 Å². The zero-order valence-electron chi connectivity index (χ0n) is 15.7. The van der Waals surface area contributed by atoms with Crippen molar-refractivity contribution in [3.63, 3.8) is 0 Å². The molecule has 1 aromatic heterocycles. The van der Waals surface area contributed by atoms with Gasteiger partial charge in [0.1, 0.15) is 5.82 Å². The molecule has 0 unspecified atom stereocenters. The van der Waals surface area contributed by atoms with Crippen LogP contribution in [0.4, 0.5) is 17.5 Å². The lowest BCUT2D eigenvalue weighted by Gasteiger charge is -2.20. The third-order valence-electron chi connectivity index (χ3n) is 4.25. The molecule has 0 fully saturated rings. The van der Waals surface area contributed by atoms with E-state index in [-0.39, 0.29) is 18.6 Å². The fourth-order valence-corrected chi connectivity index (χ4v) is 3.22. The number of aliphatic hydroxyl groups excluding tert-OH is 1. The van der Waals surface area contributed by atoms with E-state index in [1.807, 2.05) is 50.2 Å². The second-order valence-corrected chi connectivity index (χ2v) is 7.66. The van der Waals surface area contributed by atoms with Crippen molar-refractivity contribution in [2.24, 2.45) is 5.92 Å². The predicted octanol–water partition coefficient (Wildman–Crippen LogP) is 5.62. The van der Waals surface area contributed by atoms with Crippen molar-refractivity contribution in [3.05, 3.63) is 64.6 Å². The topological polar surface area (TPSA) is 70.1 Å². The highest BCUT2D eigenvalue weighted by molar-refractivity contribution is 6.35. The molecule has 0 saturated heterocycles. The molecule has 0 aliphatic carbocycles. The Balaban J connectivity index is 1.99. The molecule has 3 N–H and O–H groups in total. The molecule has 1 atom stereocenters. The van der Waals surface area contributed by atoms with Crippen LogP contribution >= 0.6 is 23.2 Å². The number of benzene rings is 2. The first-order chi connectivity index (χ1) is 13.4. The number of anilines is 3. The Kier molecular flexibility index (Phi) is 6.73. The first-order valence-electron chi connectivity index (χ1n) is 8.99. The minimum absolute atomic E-state index is 0.0107. The van der Waals surface area contributed by atoms with Gasteiger partial charge in [-0.3, -0.25) is 0 Å². The Bertz CT molecular complexity index is 915. The van der Waals surface area contributed by atoms with Gasteiger partial charge in [-0.1, -0.05) is 67.4 Å². The number of nitrogens with one attached hydrogen (secondary N) is 2. The number of halogens is 2. The van der Waals surface area contributed by atoms with Gasteiger partial charge in [-0.25, -0.2) is 4.98 Å². The minimum atomic E-state index is -0.153. The maximum Gasteiger partial charge on any atom is 0.225 e. The summed E-state index contributed by atoms with van der Waals surface area (Å²) in [5.74, 6) is 1.25. The van der Waals surface area contributed by atoms with Crippen LogP contribution in [0.5, 0.6) is 0 Å². The van der Waals surface area contributed by atoms with Gasteiger partial charge in [0.05, 0.1) is 18.3 Å². The van der Waals surface area contributed by atoms with Crippen molar-refractivity contribution in [1.82, 2.24) is 9.97 Å². The quantitative estimate of drug-likeness (QED) is 0.465. The summed E-state index contributed by atoms with van der Waals surface area (Å²) in [6, 6.07) is 16.8. The van der Waals surface area contributed by atoms with Crippen LogP contribution in [-0.4, -0.2) is 27.7 Å². The van der Waals surface area contributed by atoms with Crippen molar-refractivity contribution < 1.29 is 5.11 Å². The molecule has 0 spiro atoms. The highest BCUT2D eigenvalue weighted by Crippen LogP contribution is 2.27. The first kappa shape index (κ1) is 20.4. The van der Waals surface area contributed by atoms with Crippen molar-refractivity contribution in [1.29, 1.82) is 0 Å². The summed E-state index contributed by atoms with van der Waals surface area (Å²) in [7, 11) is 0. The maximum absolute atomic E-state index is 9.65. The van der Waals surface area contributed by atoms with Crippen LogP contribution in [0.2, 0.25) is 10.0 Å². The number of nitrogens with zero attached hydrogens (tertiary/aromatic N) is 2. The Hall–Kier alpha value is -2.34. The van der Waals surface area contributed by atoms with Crippen LogP contribution in [0.3, 0.4) is 0 Å². The smallest absolute Gasteiger partial charge is 0.225 e. The lowest BCUT2D eigenvalue weighted by Crippen LogP contribution is -2.30. The molecule has 7 heteroatoms. The Labute approximate surface area is 174 Å². The molecule has 28 heavy (non-hydrogen) atoms. The van der Waals surface area contributed by atoms with Crippen molar-refractivity contribution in [3.8, 4) is 11.3 Å². The molecule has 3 rings (SSSR count). The third kappa shape index (κ3) is 5.35. The molecule has 0 aliphatic rings. The molecular formula is C21H22Cl2N4O. The van der Waals surface area contributed by atoms with Crippen LogP contribution in [0.25, 0.3) is 11.3 Å². The SMILES string of the molecule is CC(C)[C@H](CO)Nc1nc(Nc2cc(Cl)cc(Cl)c2)cc(-c2ccccc2)n1. The van der Waals surface area contributed by atoms with Gasteiger partial charge >= 0.3 is 0 Å². The molecule has 0 radical (unpaired) electrons. The van der Waals surface area contributed by atoms with E-state index in [4.69, 9.17) is 23.2 Å². The van der Waals surface area contributed by atoms with Crippen LogP contribution in [-0.2, 0) is 0 Å². The molecular weight excluding hydrogens is 395 g/mol. The van der Waals surface area contributed by atoms with Crippen molar-refractivity contribution >= 4 is 40.7 Å². The number of rotatable bonds is 7. The largest absolute Gasteiger partial charge is 0.394 e. The van der Waals surface area contributed by atoms with E-state index in [0.717, 1.165) is 16.9 Å². The van der Waals surface area contributed by atoms with E-state index in [0.29, 0.717) is 21.8 Å². The zero-order chi connectivity index (χ0) is 20.1. The van der Waals surface area contributed by atoms with E-state index in [9.17, 15) is 5.11 Å².